The molecule has 5 rings (SSSR count). The van der Waals surface area contributed by atoms with Gasteiger partial charge in [0.1, 0.15) is 23.1 Å². The molecule has 6 nitrogen and oxygen atoms in total. The molecule has 58 heavy (non-hydrogen) atoms. The number of benzene rings is 4. The topological polar surface area (TPSA) is 66.4 Å². The second-order valence-corrected chi connectivity index (χ2v) is 14.5. The first kappa shape index (κ1) is 44.4. The van der Waals surface area contributed by atoms with Crippen LogP contribution in [0.15, 0.2) is 73.3 Å². The van der Waals surface area contributed by atoms with Crippen molar-refractivity contribution in [3.05, 3.63) is 108 Å². The van der Waals surface area contributed by atoms with Crippen molar-refractivity contribution in [2.45, 2.75) is 89.8 Å². The fraction of sp³-hybridized carbons (Fsp3) is 0.435. The summed E-state index contributed by atoms with van der Waals surface area (Å²) in [7, 11) is 0. The first-order valence-corrected chi connectivity index (χ1v) is 20.1. The fourth-order valence-electron chi connectivity index (χ4n) is 6.95. The number of hydrogen-bond donors (Lipinski definition) is 1. The van der Waals surface area contributed by atoms with Gasteiger partial charge in [-0.1, -0.05) is 44.6 Å². The van der Waals surface area contributed by atoms with E-state index in [0.717, 1.165) is 95.2 Å². The van der Waals surface area contributed by atoms with E-state index in [4.69, 9.17) is 23.7 Å². The smallest absolute Gasteiger partial charge is 0.201 e. The van der Waals surface area contributed by atoms with Gasteiger partial charge in [-0.15, -0.1) is 6.58 Å². The van der Waals surface area contributed by atoms with Crippen molar-refractivity contribution in [3.8, 4) is 45.3 Å². The molecule has 1 N–H and O–H groups in total. The van der Waals surface area contributed by atoms with Crippen molar-refractivity contribution in [2.24, 2.45) is 5.92 Å². The molecule has 314 valence electrons. The van der Waals surface area contributed by atoms with Gasteiger partial charge in [-0.05, 0) is 81.1 Å². The monoisotopic (exact) mass is 814 g/mol. The number of phenolic OH excluding ortho intramolecular Hbond substituents is 1. The van der Waals surface area contributed by atoms with E-state index in [0.29, 0.717) is 37.9 Å². The Kier molecular flexibility index (Phi) is 16.8. The van der Waals surface area contributed by atoms with Crippen molar-refractivity contribution < 1.29 is 55.1 Å². The molecule has 4 aromatic rings. The molecule has 0 bridgehead atoms. The maximum absolute atomic E-state index is 14.9. The van der Waals surface area contributed by atoms with Gasteiger partial charge in [0.15, 0.2) is 28.9 Å². The number of rotatable bonds is 23. The van der Waals surface area contributed by atoms with Gasteiger partial charge >= 0.3 is 0 Å². The summed E-state index contributed by atoms with van der Waals surface area (Å²) in [6, 6.07) is 12.8. The van der Waals surface area contributed by atoms with Crippen LogP contribution in [0, 0.1) is 40.8 Å². The molecule has 0 unspecified atom stereocenters. The zero-order valence-corrected chi connectivity index (χ0v) is 32.9. The highest BCUT2D eigenvalue weighted by Gasteiger charge is 2.36. The zero-order valence-electron chi connectivity index (χ0n) is 32.9. The summed E-state index contributed by atoms with van der Waals surface area (Å²) >= 11 is 0. The van der Waals surface area contributed by atoms with Gasteiger partial charge in [0, 0.05) is 53.1 Å². The highest BCUT2D eigenvalue weighted by Crippen LogP contribution is 2.36. The fourth-order valence-corrected chi connectivity index (χ4v) is 6.95. The standard InChI is InChI=1S/C46H52F6O6/c1-3-31-29-57-46(58-30-31,23-11-7-5-9-13-25-55-32-15-17-34(38(47)27-32)36-19-21-40(53)44(51)42(36)49)24-12-8-6-10-14-26-56-33-16-18-35(39(48)28-33)37-20-22-41(54-4-2)45(52)43(37)50/h3,15-22,27-28,31,53H,1,4-14,23-26,29-30H2,2H3. The van der Waals surface area contributed by atoms with Gasteiger partial charge in [-0.2, -0.15) is 8.78 Å². The van der Waals surface area contributed by atoms with Crippen molar-refractivity contribution >= 4 is 0 Å². The third kappa shape index (κ3) is 11.9. The van der Waals surface area contributed by atoms with E-state index in [9.17, 15) is 31.4 Å². The molecule has 0 radical (unpaired) electrons. The van der Waals surface area contributed by atoms with Crippen LogP contribution in [0.3, 0.4) is 0 Å². The van der Waals surface area contributed by atoms with Crippen LogP contribution in [0.25, 0.3) is 22.3 Å². The molecule has 0 aliphatic carbocycles. The maximum atomic E-state index is 14.9. The second kappa shape index (κ2) is 21.9. The first-order chi connectivity index (χ1) is 28.1. The summed E-state index contributed by atoms with van der Waals surface area (Å²) in [4.78, 5) is 0. The highest BCUT2D eigenvalue weighted by atomic mass is 19.2. The molecule has 1 aliphatic rings. The Morgan fingerprint density at radius 1 is 0.603 bits per heavy atom. The van der Waals surface area contributed by atoms with E-state index in [1.54, 1.807) is 13.0 Å². The molecular weight excluding hydrogens is 762 g/mol. The normalized spacial score (nSPS) is 16.6. The van der Waals surface area contributed by atoms with Gasteiger partial charge in [0.25, 0.3) is 0 Å². The average Bonchev–Trinajstić information content (AvgIpc) is 3.22. The number of aromatic hydroxyl groups is 1. The second-order valence-electron chi connectivity index (χ2n) is 14.5. The third-order valence-electron chi connectivity index (χ3n) is 10.3. The van der Waals surface area contributed by atoms with E-state index in [1.807, 2.05) is 6.08 Å². The van der Waals surface area contributed by atoms with Crippen LogP contribution < -0.4 is 14.2 Å². The summed E-state index contributed by atoms with van der Waals surface area (Å²) < 4.78 is 116. The van der Waals surface area contributed by atoms with Gasteiger partial charge in [-0.3, -0.25) is 0 Å². The Morgan fingerprint density at radius 2 is 1.07 bits per heavy atom. The van der Waals surface area contributed by atoms with Crippen LogP contribution in [-0.2, 0) is 9.47 Å². The summed E-state index contributed by atoms with van der Waals surface area (Å²) in [6.07, 6.45) is 12.6. The molecule has 0 saturated carbocycles. The highest BCUT2D eigenvalue weighted by molar-refractivity contribution is 5.68. The number of phenols is 1. The zero-order chi connectivity index (χ0) is 41.5. The Hall–Kier alpha value is -4.68. The molecule has 0 aromatic heterocycles. The lowest BCUT2D eigenvalue weighted by Gasteiger charge is -2.40. The Labute approximate surface area is 336 Å². The number of halogens is 6. The number of hydrogen-bond acceptors (Lipinski definition) is 6. The molecular formula is C46H52F6O6. The van der Waals surface area contributed by atoms with Gasteiger partial charge in [-0.25, -0.2) is 17.6 Å². The first-order valence-electron chi connectivity index (χ1n) is 20.1. The Morgan fingerprint density at radius 3 is 1.57 bits per heavy atom. The molecule has 1 fully saturated rings. The SMILES string of the molecule is C=CC1COC(CCCCCCCOc2ccc(-c3ccc(O)c(F)c3F)c(F)c2)(CCCCCCCOc2ccc(-c3ccc(OCC)c(F)c3F)c(F)c2)OC1. The lowest BCUT2D eigenvalue weighted by atomic mass is 9.97. The van der Waals surface area contributed by atoms with Crippen LogP contribution in [0.4, 0.5) is 26.3 Å². The minimum atomic E-state index is -1.43. The van der Waals surface area contributed by atoms with Gasteiger partial charge < -0.3 is 28.8 Å². The predicted molar refractivity (Wildman–Crippen MR) is 211 cm³/mol. The van der Waals surface area contributed by atoms with E-state index < -0.39 is 46.4 Å². The lowest BCUT2D eigenvalue weighted by Crippen LogP contribution is -2.43. The average molecular weight is 815 g/mol. The van der Waals surface area contributed by atoms with Crippen LogP contribution in [0.5, 0.6) is 23.0 Å². The van der Waals surface area contributed by atoms with Crippen LogP contribution in [0.2, 0.25) is 0 Å². The van der Waals surface area contributed by atoms with Crippen molar-refractivity contribution in [3.63, 3.8) is 0 Å². The van der Waals surface area contributed by atoms with E-state index in [2.05, 4.69) is 6.58 Å². The molecule has 0 amide bonds. The molecule has 0 atom stereocenters. The quantitative estimate of drug-likeness (QED) is 0.0457. The van der Waals surface area contributed by atoms with Crippen molar-refractivity contribution in [1.29, 1.82) is 0 Å². The molecule has 0 spiro atoms. The summed E-state index contributed by atoms with van der Waals surface area (Å²) in [6.45, 7) is 7.65. The van der Waals surface area contributed by atoms with Crippen molar-refractivity contribution in [1.82, 2.24) is 0 Å². The molecule has 1 aliphatic heterocycles. The summed E-state index contributed by atoms with van der Waals surface area (Å²) in [5, 5.41) is 9.34. The Balaban J connectivity index is 0.960. The number of unbranched alkanes of at least 4 members (excludes halogenated alkanes) is 8. The lowest BCUT2D eigenvalue weighted by molar-refractivity contribution is -0.285. The van der Waals surface area contributed by atoms with E-state index in [1.165, 1.54) is 36.4 Å². The predicted octanol–water partition coefficient (Wildman–Crippen LogP) is 12.6. The minimum Gasteiger partial charge on any atom is -0.505 e. The molecule has 4 aromatic carbocycles. The third-order valence-corrected chi connectivity index (χ3v) is 10.3. The summed E-state index contributed by atoms with van der Waals surface area (Å²) in [5.41, 5.74) is -0.662. The summed E-state index contributed by atoms with van der Waals surface area (Å²) in [5.74, 6) is -7.43. The van der Waals surface area contributed by atoms with Crippen LogP contribution >= 0.6 is 0 Å². The van der Waals surface area contributed by atoms with Crippen molar-refractivity contribution in [2.75, 3.05) is 33.0 Å². The van der Waals surface area contributed by atoms with Crippen LogP contribution in [-0.4, -0.2) is 43.9 Å². The molecule has 1 saturated heterocycles. The minimum absolute atomic E-state index is 0.0626. The molecule has 1 heterocycles. The largest absolute Gasteiger partial charge is 0.505 e. The Bertz CT molecular complexity index is 1950. The van der Waals surface area contributed by atoms with Gasteiger partial charge in [0.05, 0.1) is 33.0 Å². The van der Waals surface area contributed by atoms with Gasteiger partial charge in [0.2, 0.25) is 11.6 Å². The van der Waals surface area contributed by atoms with E-state index in [-0.39, 0.29) is 40.5 Å². The molecule has 12 heteroatoms. The van der Waals surface area contributed by atoms with E-state index >= 15 is 0 Å². The maximum Gasteiger partial charge on any atom is 0.201 e. The van der Waals surface area contributed by atoms with Crippen LogP contribution in [0.1, 0.15) is 84.0 Å². The number of ether oxygens (including phenoxy) is 5.